The summed E-state index contributed by atoms with van der Waals surface area (Å²) in [7, 11) is 3.22. The van der Waals surface area contributed by atoms with E-state index in [1.165, 1.54) is 0 Å². The highest BCUT2D eigenvalue weighted by molar-refractivity contribution is 6.30. The Hall–Kier alpha value is -2.64. The second-order valence-electron chi connectivity index (χ2n) is 6.86. The van der Waals surface area contributed by atoms with Gasteiger partial charge in [0, 0.05) is 36.5 Å². The molecule has 0 bridgehead atoms. The fourth-order valence-electron chi connectivity index (χ4n) is 3.54. The van der Waals surface area contributed by atoms with Crippen LogP contribution < -0.4 is 24.3 Å². The van der Waals surface area contributed by atoms with Crippen molar-refractivity contribution in [2.75, 3.05) is 27.6 Å². The predicted octanol–water partition coefficient (Wildman–Crippen LogP) is 3.56. The summed E-state index contributed by atoms with van der Waals surface area (Å²) in [5, 5.41) is 8.35. The summed E-state index contributed by atoms with van der Waals surface area (Å²) >= 11 is 6.02. The zero-order valence-corrected chi connectivity index (χ0v) is 17.1. The lowest BCUT2D eigenvalue weighted by Crippen LogP contribution is -2.23. The molecule has 0 saturated carbocycles. The van der Waals surface area contributed by atoms with Crippen LogP contribution in [0.25, 0.3) is 0 Å². The fraction of sp³-hybridized carbons (Fsp3) is 0.381. The first-order valence-corrected chi connectivity index (χ1v) is 9.76. The maximum Gasteiger partial charge on any atom is 0.231 e. The van der Waals surface area contributed by atoms with Crippen LogP contribution in [0.1, 0.15) is 17.5 Å². The number of rotatable bonds is 8. The molecule has 0 aromatic heterocycles. The minimum absolute atomic E-state index is 0.0723. The number of nitrogens with zero attached hydrogens (tertiary/aromatic N) is 1. The first-order chi connectivity index (χ1) is 14.2. The lowest BCUT2D eigenvalue weighted by molar-refractivity contribution is 0.0853. The molecule has 0 saturated heterocycles. The molecule has 8 heteroatoms. The lowest BCUT2D eigenvalue weighted by atomic mass is 10.0. The Kier molecular flexibility index (Phi) is 5.97. The summed E-state index contributed by atoms with van der Waals surface area (Å²) in [6.45, 7) is 1.53. The normalized spacial score (nSPS) is 17.1. The molecular weight excluding hydrogens is 396 g/mol. The second kappa shape index (κ2) is 8.80. The van der Waals surface area contributed by atoms with Gasteiger partial charge in [0.1, 0.15) is 6.10 Å². The van der Waals surface area contributed by atoms with E-state index in [0.717, 1.165) is 34.8 Å². The Morgan fingerprint density at radius 2 is 2.00 bits per heavy atom. The van der Waals surface area contributed by atoms with Crippen molar-refractivity contribution in [3.63, 3.8) is 0 Å². The molecule has 2 aromatic carbocycles. The molecule has 1 N–H and O–H groups in total. The number of benzene rings is 2. The molecule has 2 aliphatic rings. The number of methoxy groups -OCH3 is 2. The van der Waals surface area contributed by atoms with Crippen molar-refractivity contribution < 1.29 is 23.8 Å². The van der Waals surface area contributed by atoms with Crippen LogP contribution in [0.5, 0.6) is 23.0 Å². The molecule has 29 heavy (non-hydrogen) atoms. The monoisotopic (exact) mass is 418 g/mol. The molecule has 0 aliphatic carbocycles. The molecular formula is C21H23ClN2O5. The average Bonchev–Trinajstić information content (AvgIpc) is 3.37. The highest BCUT2D eigenvalue weighted by atomic mass is 35.5. The van der Waals surface area contributed by atoms with Crippen molar-refractivity contribution in [2.24, 2.45) is 5.16 Å². The van der Waals surface area contributed by atoms with E-state index in [9.17, 15) is 0 Å². The zero-order valence-electron chi connectivity index (χ0n) is 16.4. The van der Waals surface area contributed by atoms with Gasteiger partial charge in [-0.2, -0.15) is 0 Å². The van der Waals surface area contributed by atoms with Crippen LogP contribution in [0, 0.1) is 0 Å². The van der Waals surface area contributed by atoms with Crippen LogP contribution in [0.15, 0.2) is 35.5 Å². The molecule has 1 atom stereocenters. The summed E-state index contributed by atoms with van der Waals surface area (Å²) in [5.41, 5.74) is 3.04. The topological polar surface area (TPSA) is 70.5 Å². The van der Waals surface area contributed by atoms with Gasteiger partial charge >= 0.3 is 0 Å². The Labute approximate surface area is 174 Å². The van der Waals surface area contributed by atoms with Gasteiger partial charge in [0.15, 0.2) is 11.5 Å². The van der Waals surface area contributed by atoms with E-state index in [0.29, 0.717) is 36.0 Å². The van der Waals surface area contributed by atoms with E-state index >= 15 is 0 Å². The summed E-state index contributed by atoms with van der Waals surface area (Å²) in [6.07, 6.45) is 1.29. The quantitative estimate of drug-likeness (QED) is 0.706. The molecule has 0 fully saturated rings. The fourth-order valence-corrected chi connectivity index (χ4v) is 3.75. The Bertz CT molecular complexity index is 918. The maximum atomic E-state index is 6.02. The van der Waals surface area contributed by atoms with Crippen molar-refractivity contribution in [3.05, 3.63) is 46.5 Å². The predicted molar refractivity (Wildman–Crippen MR) is 109 cm³/mol. The maximum absolute atomic E-state index is 6.02. The summed E-state index contributed by atoms with van der Waals surface area (Å²) in [6, 6.07) is 9.70. The Morgan fingerprint density at radius 1 is 1.14 bits per heavy atom. The number of halogens is 1. The van der Waals surface area contributed by atoms with Gasteiger partial charge in [0.2, 0.25) is 18.3 Å². The van der Waals surface area contributed by atoms with E-state index in [1.807, 2.05) is 30.3 Å². The van der Waals surface area contributed by atoms with Crippen molar-refractivity contribution >= 4 is 17.3 Å². The van der Waals surface area contributed by atoms with Gasteiger partial charge in [-0.15, -0.1) is 0 Å². The van der Waals surface area contributed by atoms with E-state index in [1.54, 1.807) is 14.2 Å². The molecule has 2 aliphatic heterocycles. The third kappa shape index (κ3) is 4.36. The smallest absolute Gasteiger partial charge is 0.231 e. The minimum Gasteiger partial charge on any atom is -0.493 e. The Balaban J connectivity index is 1.35. The SMILES string of the molecule is COc1cc(C[C@H]2CC(CNCc3cccc(Cl)c3)=NO2)c(OC)c2c1OCO2. The molecule has 2 aromatic rings. The molecule has 0 unspecified atom stereocenters. The highest BCUT2D eigenvalue weighted by Gasteiger charge is 2.30. The van der Waals surface area contributed by atoms with Crippen LogP contribution in [0.2, 0.25) is 5.02 Å². The van der Waals surface area contributed by atoms with Crippen LogP contribution in [0.4, 0.5) is 0 Å². The van der Waals surface area contributed by atoms with Gasteiger partial charge in [0.25, 0.3) is 0 Å². The van der Waals surface area contributed by atoms with Gasteiger partial charge < -0.3 is 29.1 Å². The first kappa shape index (κ1) is 19.7. The van der Waals surface area contributed by atoms with E-state index in [2.05, 4.69) is 10.5 Å². The van der Waals surface area contributed by atoms with E-state index < -0.39 is 0 Å². The summed E-state index contributed by atoms with van der Waals surface area (Å²) in [4.78, 5) is 5.64. The first-order valence-electron chi connectivity index (χ1n) is 9.38. The van der Waals surface area contributed by atoms with Crippen LogP contribution >= 0.6 is 11.6 Å². The zero-order chi connectivity index (χ0) is 20.2. The summed E-state index contributed by atoms with van der Waals surface area (Å²) in [5.74, 6) is 2.41. The van der Waals surface area contributed by atoms with E-state index in [-0.39, 0.29) is 12.9 Å². The van der Waals surface area contributed by atoms with Crippen molar-refractivity contribution in [1.82, 2.24) is 5.32 Å². The Morgan fingerprint density at radius 3 is 2.79 bits per heavy atom. The summed E-state index contributed by atoms with van der Waals surface area (Å²) < 4.78 is 22.1. The van der Waals surface area contributed by atoms with Gasteiger partial charge in [-0.05, 0) is 23.8 Å². The number of nitrogens with one attached hydrogen (secondary N) is 1. The lowest BCUT2D eigenvalue weighted by Gasteiger charge is -2.15. The van der Waals surface area contributed by atoms with Crippen molar-refractivity contribution in [2.45, 2.75) is 25.5 Å². The highest BCUT2D eigenvalue weighted by Crippen LogP contribution is 2.49. The third-order valence-electron chi connectivity index (χ3n) is 4.85. The number of hydrogen-bond donors (Lipinski definition) is 1. The second-order valence-corrected chi connectivity index (χ2v) is 7.30. The van der Waals surface area contributed by atoms with Crippen LogP contribution in [-0.2, 0) is 17.8 Å². The average molecular weight is 419 g/mol. The number of oxime groups is 1. The van der Waals surface area contributed by atoms with Crippen LogP contribution in [-0.4, -0.2) is 39.4 Å². The largest absolute Gasteiger partial charge is 0.493 e. The molecule has 2 heterocycles. The number of fused-ring (bicyclic) bond motifs is 1. The minimum atomic E-state index is -0.0723. The van der Waals surface area contributed by atoms with Gasteiger partial charge in [0.05, 0.1) is 19.9 Å². The third-order valence-corrected chi connectivity index (χ3v) is 5.09. The van der Waals surface area contributed by atoms with Gasteiger partial charge in [-0.25, -0.2) is 0 Å². The molecule has 154 valence electrons. The van der Waals surface area contributed by atoms with Gasteiger partial charge in [-0.1, -0.05) is 28.9 Å². The van der Waals surface area contributed by atoms with Gasteiger partial charge in [-0.3, -0.25) is 0 Å². The number of hydrogen-bond acceptors (Lipinski definition) is 7. The molecule has 4 rings (SSSR count). The van der Waals surface area contributed by atoms with Crippen molar-refractivity contribution in [3.8, 4) is 23.0 Å². The van der Waals surface area contributed by atoms with Crippen molar-refractivity contribution in [1.29, 1.82) is 0 Å². The number of ether oxygens (including phenoxy) is 4. The molecule has 7 nitrogen and oxygen atoms in total. The molecule has 0 radical (unpaired) electrons. The standard InChI is InChI=1S/C21H23ClN2O5/c1-25-18-8-14(19(26-2)21-20(18)27-12-28-21)7-17-9-16(24-29-17)11-23-10-13-4-3-5-15(22)6-13/h3-6,8,17,23H,7,9-12H2,1-2H3/t17-/m0/s1. The van der Waals surface area contributed by atoms with Crippen LogP contribution in [0.3, 0.4) is 0 Å². The van der Waals surface area contributed by atoms with E-state index in [4.69, 9.17) is 35.4 Å². The molecule has 0 spiro atoms. The molecule has 0 amide bonds.